The summed E-state index contributed by atoms with van der Waals surface area (Å²) in [4.78, 5) is 16.4. The van der Waals surface area contributed by atoms with Gasteiger partial charge in [0.15, 0.2) is 0 Å². The van der Waals surface area contributed by atoms with Gasteiger partial charge in [-0.2, -0.15) is 0 Å². The summed E-state index contributed by atoms with van der Waals surface area (Å²) in [5.41, 5.74) is 0.944. The highest BCUT2D eigenvalue weighted by Crippen LogP contribution is 2.44. The zero-order valence-corrected chi connectivity index (χ0v) is 11.3. The van der Waals surface area contributed by atoms with Crippen LogP contribution in [0, 0.1) is 0 Å². The monoisotopic (exact) mass is 264 g/mol. The van der Waals surface area contributed by atoms with E-state index in [0.29, 0.717) is 6.42 Å². The summed E-state index contributed by atoms with van der Waals surface area (Å²) in [5.74, 6) is 0.275. The normalized spacial score (nSPS) is 28.6. The number of halogens is 1. The number of fused-ring (bicyclic) bond motifs is 1. The van der Waals surface area contributed by atoms with Gasteiger partial charge in [-0.3, -0.25) is 9.69 Å². The van der Waals surface area contributed by atoms with Crippen LogP contribution in [0.5, 0.6) is 0 Å². The van der Waals surface area contributed by atoms with E-state index in [9.17, 15) is 4.79 Å². The molecule has 2 fully saturated rings. The fraction of sp³-hybridized carbons (Fsp3) is 0.500. The number of hydrogen-bond donors (Lipinski definition) is 0. The second kappa shape index (κ2) is 4.25. The SMILES string of the molecule is CN1CCCN2C(=O)CCC12c1ccc(Cl)cc1. The number of hydrogen-bond acceptors (Lipinski definition) is 2. The molecule has 0 aliphatic carbocycles. The van der Waals surface area contributed by atoms with Crippen molar-refractivity contribution in [2.75, 3.05) is 20.1 Å². The van der Waals surface area contributed by atoms with Crippen LogP contribution in [-0.4, -0.2) is 35.8 Å². The van der Waals surface area contributed by atoms with E-state index < -0.39 is 0 Å². The van der Waals surface area contributed by atoms with Crippen LogP contribution < -0.4 is 0 Å². The third-order valence-electron chi connectivity index (χ3n) is 4.25. The molecule has 18 heavy (non-hydrogen) atoms. The van der Waals surface area contributed by atoms with E-state index in [0.717, 1.165) is 31.0 Å². The molecule has 1 amide bonds. The van der Waals surface area contributed by atoms with Gasteiger partial charge in [-0.15, -0.1) is 0 Å². The van der Waals surface area contributed by atoms with Crippen LogP contribution in [0.3, 0.4) is 0 Å². The summed E-state index contributed by atoms with van der Waals surface area (Å²) in [6.45, 7) is 1.90. The Hall–Kier alpha value is -1.06. The molecule has 0 bridgehead atoms. The van der Waals surface area contributed by atoms with Crippen LogP contribution in [0.1, 0.15) is 24.8 Å². The highest BCUT2D eigenvalue weighted by Gasteiger charge is 2.50. The highest BCUT2D eigenvalue weighted by atomic mass is 35.5. The molecule has 0 spiro atoms. The molecule has 3 nitrogen and oxygen atoms in total. The number of benzene rings is 1. The van der Waals surface area contributed by atoms with E-state index in [1.165, 1.54) is 5.56 Å². The molecule has 0 aromatic heterocycles. The van der Waals surface area contributed by atoms with E-state index >= 15 is 0 Å². The van der Waals surface area contributed by atoms with E-state index in [4.69, 9.17) is 11.6 Å². The van der Waals surface area contributed by atoms with Gasteiger partial charge in [-0.1, -0.05) is 23.7 Å². The molecule has 1 aromatic carbocycles. The summed E-state index contributed by atoms with van der Waals surface area (Å²) in [6, 6.07) is 7.93. The van der Waals surface area contributed by atoms with Crippen LogP contribution in [0.2, 0.25) is 5.02 Å². The van der Waals surface area contributed by atoms with Crippen LogP contribution in [0.25, 0.3) is 0 Å². The maximum Gasteiger partial charge on any atom is 0.224 e. The molecule has 3 rings (SSSR count). The Labute approximate surface area is 112 Å². The fourth-order valence-electron chi connectivity index (χ4n) is 3.35. The lowest BCUT2D eigenvalue weighted by Gasteiger charge is -2.49. The molecule has 1 unspecified atom stereocenters. The van der Waals surface area contributed by atoms with Gasteiger partial charge in [0.2, 0.25) is 5.91 Å². The van der Waals surface area contributed by atoms with Crippen LogP contribution in [0.15, 0.2) is 24.3 Å². The summed E-state index contributed by atoms with van der Waals surface area (Å²) >= 11 is 5.96. The molecule has 4 heteroatoms. The Morgan fingerprint density at radius 1 is 1.22 bits per heavy atom. The molecule has 2 saturated heterocycles. The predicted molar refractivity (Wildman–Crippen MR) is 71.3 cm³/mol. The molecule has 0 saturated carbocycles. The smallest absolute Gasteiger partial charge is 0.224 e. The van der Waals surface area contributed by atoms with E-state index in [1.54, 1.807) is 0 Å². The molecule has 96 valence electrons. The van der Waals surface area contributed by atoms with Crippen molar-refractivity contribution in [3.05, 3.63) is 34.9 Å². The lowest BCUT2D eigenvalue weighted by molar-refractivity contribution is -0.142. The molecule has 0 N–H and O–H groups in total. The molecule has 2 heterocycles. The quantitative estimate of drug-likeness (QED) is 0.778. The highest BCUT2D eigenvalue weighted by molar-refractivity contribution is 6.30. The minimum atomic E-state index is -0.236. The first-order chi connectivity index (χ1) is 8.64. The lowest BCUT2D eigenvalue weighted by atomic mass is 9.92. The first-order valence-electron chi connectivity index (χ1n) is 6.42. The Kier molecular flexibility index (Phi) is 2.83. The Morgan fingerprint density at radius 2 is 1.94 bits per heavy atom. The molecule has 1 aromatic rings. The van der Waals surface area contributed by atoms with Gasteiger partial charge >= 0.3 is 0 Å². The van der Waals surface area contributed by atoms with Gasteiger partial charge in [0.05, 0.1) is 0 Å². The Morgan fingerprint density at radius 3 is 2.67 bits per heavy atom. The zero-order chi connectivity index (χ0) is 12.8. The van der Waals surface area contributed by atoms with Gasteiger partial charge in [0.1, 0.15) is 5.66 Å². The van der Waals surface area contributed by atoms with Crippen LogP contribution in [0.4, 0.5) is 0 Å². The number of amides is 1. The zero-order valence-electron chi connectivity index (χ0n) is 10.5. The molecule has 0 radical (unpaired) electrons. The van der Waals surface area contributed by atoms with Crippen LogP contribution >= 0.6 is 11.6 Å². The fourth-order valence-corrected chi connectivity index (χ4v) is 3.48. The lowest BCUT2D eigenvalue weighted by Crippen LogP contribution is -2.58. The first-order valence-corrected chi connectivity index (χ1v) is 6.80. The first kappa shape index (κ1) is 12.0. The molecular formula is C14H17ClN2O. The van der Waals surface area contributed by atoms with Gasteiger partial charge in [-0.05, 0) is 37.6 Å². The predicted octanol–water partition coefficient (Wildman–Crippen LogP) is 2.45. The molecule has 2 aliphatic rings. The Balaban J connectivity index is 2.08. The van der Waals surface area contributed by atoms with Gasteiger partial charge in [-0.25, -0.2) is 0 Å². The minimum absolute atomic E-state index is 0.236. The maximum atomic E-state index is 12.1. The van der Waals surface area contributed by atoms with Crippen molar-refractivity contribution in [1.29, 1.82) is 0 Å². The van der Waals surface area contributed by atoms with Crippen molar-refractivity contribution < 1.29 is 4.79 Å². The van der Waals surface area contributed by atoms with Crippen molar-refractivity contribution in [3.8, 4) is 0 Å². The summed E-state index contributed by atoms with van der Waals surface area (Å²) in [7, 11) is 2.11. The maximum absolute atomic E-state index is 12.1. The second-order valence-electron chi connectivity index (χ2n) is 5.14. The molecular weight excluding hydrogens is 248 g/mol. The number of rotatable bonds is 1. The van der Waals surface area contributed by atoms with Crippen molar-refractivity contribution in [2.45, 2.75) is 24.9 Å². The van der Waals surface area contributed by atoms with Gasteiger partial charge in [0, 0.05) is 24.5 Å². The second-order valence-corrected chi connectivity index (χ2v) is 5.58. The van der Waals surface area contributed by atoms with Crippen LogP contribution in [-0.2, 0) is 10.5 Å². The van der Waals surface area contributed by atoms with E-state index in [2.05, 4.69) is 24.1 Å². The average Bonchev–Trinajstić information content (AvgIpc) is 2.71. The van der Waals surface area contributed by atoms with Gasteiger partial charge in [0.25, 0.3) is 0 Å². The molecule has 2 aliphatic heterocycles. The van der Waals surface area contributed by atoms with E-state index in [-0.39, 0.29) is 11.6 Å². The topological polar surface area (TPSA) is 23.6 Å². The molecule has 1 atom stereocenters. The number of carbonyl (C=O) groups is 1. The van der Waals surface area contributed by atoms with Crippen molar-refractivity contribution in [3.63, 3.8) is 0 Å². The third kappa shape index (κ3) is 1.57. The summed E-state index contributed by atoms with van der Waals surface area (Å²) < 4.78 is 0. The summed E-state index contributed by atoms with van der Waals surface area (Å²) in [5, 5.41) is 0.740. The third-order valence-corrected chi connectivity index (χ3v) is 4.50. The average molecular weight is 265 g/mol. The van der Waals surface area contributed by atoms with E-state index in [1.807, 2.05) is 17.0 Å². The van der Waals surface area contributed by atoms with Crippen molar-refractivity contribution in [1.82, 2.24) is 9.80 Å². The van der Waals surface area contributed by atoms with Gasteiger partial charge < -0.3 is 4.90 Å². The summed E-state index contributed by atoms with van der Waals surface area (Å²) in [6.07, 6.45) is 2.58. The van der Waals surface area contributed by atoms with Crippen molar-refractivity contribution >= 4 is 17.5 Å². The Bertz CT molecular complexity index is 473. The minimum Gasteiger partial charge on any atom is -0.320 e. The number of nitrogens with zero attached hydrogens (tertiary/aromatic N) is 2. The van der Waals surface area contributed by atoms with Crippen molar-refractivity contribution in [2.24, 2.45) is 0 Å². The largest absolute Gasteiger partial charge is 0.320 e. The number of carbonyl (C=O) groups excluding carboxylic acids is 1. The standard InChI is InChI=1S/C14H17ClN2O/c1-16-9-2-10-17-13(18)7-8-14(16,17)11-3-5-12(15)6-4-11/h3-6H,2,7-10H2,1H3.